The van der Waals surface area contributed by atoms with Crippen molar-refractivity contribution in [3.05, 3.63) is 65.7 Å². The number of hydrogen-bond acceptors (Lipinski definition) is 2. The fourth-order valence-electron chi connectivity index (χ4n) is 1.87. The summed E-state index contributed by atoms with van der Waals surface area (Å²) in [7, 11) is 0. The largest absolute Gasteiger partial charge is 0.507 e. The van der Waals surface area contributed by atoms with Crippen LogP contribution in [0.2, 0.25) is 0 Å². The Balaban J connectivity index is 2.23. The number of carbonyl (C=O) groups is 1. The van der Waals surface area contributed by atoms with E-state index in [1.54, 1.807) is 12.1 Å². The van der Waals surface area contributed by atoms with Crippen LogP contribution < -0.4 is 0 Å². The van der Waals surface area contributed by atoms with Gasteiger partial charge in [0.1, 0.15) is 5.76 Å². The summed E-state index contributed by atoms with van der Waals surface area (Å²) < 4.78 is 36.4. The van der Waals surface area contributed by atoms with Crippen LogP contribution in [-0.2, 0) is 4.79 Å². The molecule has 0 amide bonds. The van der Waals surface area contributed by atoms with Crippen molar-refractivity contribution in [1.29, 1.82) is 0 Å². The molecule has 2 rings (SSSR count). The first-order chi connectivity index (χ1) is 10.3. The Hall–Kier alpha value is -2.56. The molecule has 0 bridgehead atoms. The molecule has 0 radical (unpaired) electrons. The molecule has 2 nitrogen and oxygen atoms in total. The number of carbonyl (C=O) groups excluding carboxylic acids is 1. The minimum Gasteiger partial charge on any atom is -0.507 e. The molecule has 0 atom stereocenters. The maximum Gasteiger partial charge on any atom is 0.454 e. The zero-order valence-electron chi connectivity index (χ0n) is 11.7. The quantitative estimate of drug-likeness (QED) is 0.659. The Bertz CT molecular complexity index is 696. The fourth-order valence-corrected chi connectivity index (χ4v) is 1.87. The number of aryl methyl sites for hydroxylation is 1. The molecule has 2 aromatic rings. The van der Waals surface area contributed by atoms with E-state index in [9.17, 15) is 23.1 Å². The molecule has 0 aliphatic heterocycles. The van der Waals surface area contributed by atoms with Crippen molar-refractivity contribution in [2.45, 2.75) is 13.1 Å². The predicted molar refractivity (Wildman–Crippen MR) is 78.3 cm³/mol. The highest BCUT2D eigenvalue weighted by molar-refractivity contribution is 5.99. The van der Waals surface area contributed by atoms with E-state index in [0.29, 0.717) is 0 Å². The summed E-state index contributed by atoms with van der Waals surface area (Å²) >= 11 is 0. The summed E-state index contributed by atoms with van der Waals surface area (Å²) in [5.74, 6) is -2.80. The second kappa shape index (κ2) is 6.05. The Kier molecular flexibility index (Phi) is 4.35. The first kappa shape index (κ1) is 15.8. The number of halogens is 3. The Morgan fingerprint density at radius 1 is 0.955 bits per heavy atom. The van der Waals surface area contributed by atoms with Crippen LogP contribution in [0.3, 0.4) is 0 Å². The minimum absolute atomic E-state index is 0.147. The molecule has 22 heavy (non-hydrogen) atoms. The molecule has 1 N–H and O–H groups in total. The van der Waals surface area contributed by atoms with E-state index in [0.717, 1.165) is 16.7 Å². The minimum atomic E-state index is -4.99. The van der Waals surface area contributed by atoms with Crippen LogP contribution in [0.1, 0.15) is 11.1 Å². The summed E-state index contributed by atoms with van der Waals surface area (Å²) in [4.78, 5) is 10.8. The maximum absolute atomic E-state index is 12.1. The normalized spacial score (nSPS) is 12.3. The van der Waals surface area contributed by atoms with Gasteiger partial charge in [-0.1, -0.05) is 54.1 Å². The Labute approximate surface area is 125 Å². The molecular weight excluding hydrogens is 293 g/mol. The average molecular weight is 306 g/mol. The van der Waals surface area contributed by atoms with E-state index < -0.39 is 17.7 Å². The topological polar surface area (TPSA) is 37.3 Å². The van der Waals surface area contributed by atoms with E-state index in [4.69, 9.17) is 0 Å². The summed E-state index contributed by atoms with van der Waals surface area (Å²) in [6.07, 6.45) is -4.81. The van der Waals surface area contributed by atoms with E-state index in [1.165, 1.54) is 12.1 Å². The third-order valence-electron chi connectivity index (χ3n) is 3.11. The lowest BCUT2D eigenvalue weighted by Gasteiger charge is -2.05. The lowest BCUT2D eigenvalue weighted by molar-refractivity contribution is -0.165. The molecule has 0 aliphatic carbocycles. The highest BCUT2D eigenvalue weighted by atomic mass is 19.4. The number of ketones is 1. The van der Waals surface area contributed by atoms with Crippen LogP contribution in [0.4, 0.5) is 13.2 Å². The second-order valence-electron chi connectivity index (χ2n) is 4.83. The van der Waals surface area contributed by atoms with E-state index in [2.05, 4.69) is 0 Å². The van der Waals surface area contributed by atoms with E-state index in [1.807, 2.05) is 31.2 Å². The number of aliphatic hydroxyl groups is 1. The van der Waals surface area contributed by atoms with Gasteiger partial charge in [-0.2, -0.15) is 13.2 Å². The van der Waals surface area contributed by atoms with Gasteiger partial charge in [-0.05, 0) is 18.1 Å². The standard InChI is InChI=1S/C17H13F3O2/c1-11-2-4-12(5-3-11)13-6-8-14(9-7-13)15(21)10-16(22)17(18,19)20/h2-10,21H,1H3/b15-10+. The van der Waals surface area contributed by atoms with Crippen molar-refractivity contribution in [3.8, 4) is 11.1 Å². The van der Waals surface area contributed by atoms with Gasteiger partial charge in [-0.3, -0.25) is 4.79 Å². The third kappa shape index (κ3) is 3.75. The molecule has 0 saturated carbocycles. The smallest absolute Gasteiger partial charge is 0.454 e. The molecular formula is C17H13F3O2. The molecule has 0 spiro atoms. The van der Waals surface area contributed by atoms with Gasteiger partial charge >= 0.3 is 6.18 Å². The zero-order chi connectivity index (χ0) is 16.3. The first-order valence-electron chi connectivity index (χ1n) is 6.46. The van der Waals surface area contributed by atoms with Gasteiger partial charge in [0.15, 0.2) is 0 Å². The summed E-state index contributed by atoms with van der Waals surface area (Å²) in [6.45, 7) is 1.97. The van der Waals surface area contributed by atoms with Crippen molar-refractivity contribution >= 4 is 11.5 Å². The summed E-state index contributed by atoms with van der Waals surface area (Å²) in [5, 5.41) is 9.59. The van der Waals surface area contributed by atoms with Crippen molar-refractivity contribution in [2.24, 2.45) is 0 Å². The number of benzene rings is 2. The predicted octanol–water partition coefficient (Wildman–Crippen LogP) is 4.69. The van der Waals surface area contributed by atoms with Gasteiger partial charge < -0.3 is 5.11 Å². The average Bonchev–Trinajstić information content (AvgIpc) is 2.47. The SMILES string of the molecule is Cc1ccc(-c2ccc(/C(O)=C\C(=O)C(F)(F)F)cc2)cc1. The number of rotatable bonds is 3. The maximum atomic E-state index is 12.1. The molecule has 5 heteroatoms. The monoisotopic (exact) mass is 306 g/mol. The lowest BCUT2D eigenvalue weighted by Crippen LogP contribution is -2.20. The number of alkyl halides is 3. The highest BCUT2D eigenvalue weighted by Gasteiger charge is 2.36. The molecule has 114 valence electrons. The van der Waals surface area contributed by atoms with Crippen LogP contribution >= 0.6 is 0 Å². The van der Waals surface area contributed by atoms with Crippen molar-refractivity contribution < 1.29 is 23.1 Å². The molecule has 0 heterocycles. The number of aliphatic hydroxyl groups excluding tert-OH is 1. The Morgan fingerprint density at radius 2 is 1.41 bits per heavy atom. The fraction of sp³-hybridized carbons (Fsp3) is 0.118. The first-order valence-corrected chi connectivity index (χ1v) is 6.46. The van der Waals surface area contributed by atoms with Crippen LogP contribution in [0.5, 0.6) is 0 Å². The number of hydrogen-bond donors (Lipinski definition) is 1. The van der Waals surface area contributed by atoms with Crippen molar-refractivity contribution in [1.82, 2.24) is 0 Å². The molecule has 0 unspecified atom stereocenters. The van der Waals surface area contributed by atoms with Gasteiger partial charge in [-0.25, -0.2) is 0 Å². The number of allylic oxidation sites excluding steroid dienone is 1. The zero-order valence-corrected chi connectivity index (χ0v) is 11.7. The van der Waals surface area contributed by atoms with E-state index in [-0.39, 0.29) is 11.6 Å². The van der Waals surface area contributed by atoms with Crippen LogP contribution in [-0.4, -0.2) is 17.1 Å². The van der Waals surface area contributed by atoms with Crippen LogP contribution in [0, 0.1) is 6.92 Å². The van der Waals surface area contributed by atoms with Crippen molar-refractivity contribution in [3.63, 3.8) is 0 Å². The molecule has 0 aromatic heterocycles. The molecule has 0 fully saturated rings. The highest BCUT2D eigenvalue weighted by Crippen LogP contribution is 2.23. The third-order valence-corrected chi connectivity index (χ3v) is 3.11. The molecule has 0 aliphatic rings. The summed E-state index contributed by atoms with van der Waals surface area (Å²) in [5.41, 5.74) is 3.07. The van der Waals surface area contributed by atoms with Gasteiger partial charge in [0.25, 0.3) is 5.78 Å². The molecule has 0 saturated heterocycles. The molecule has 2 aromatic carbocycles. The van der Waals surface area contributed by atoms with Gasteiger partial charge in [0.2, 0.25) is 0 Å². The second-order valence-corrected chi connectivity index (χ2v) is 4.83. The lowest BCUT2D eigenvalue weighted by atomic mass is 10.0. The Morgan fingerprint density at radius 3 is 1.86 bits per heavy atom. The van der Waals surface area contributed by atoms with Gasteiger partial charge in [0.05, 0.1) is 0 Å². The van der Waals surface area contributed by atoms with Crippen molar-refractivity contribution in [2.75, 3.05) is 0 Å². The van der Waals surface area contributed by atoms with Crippen LogP contribution in [0.15, 0.2) is 54.6 Å². The van der Waals surface area contributed by atoms with E-state index >= 15 is 0 Å². The summed E-state index contributed by atoms with van der Waals surface area (Å²) in [6, 6.07) is 14.0. The van der Waals surface area contributed by atoms with Gasteiger partial charge in [-0.15, -0.1) is 0 Å². The van der Waals surface area contributed by atoms with Crippen LogP contribution in [0.25, 0.3) is 16.9 Å². The van der Waals surface area contributed by atoms with Gasteiger partial charge in [0, 0.05) is 11.6 Å².